The van der Waals surface area contributed by atoms with E-state index in [0.29, 0.717) is 17.7 Å². The summed E-state index contributed by atoms with van der Waals surface area (Å²) in [7, 11) is 0. The Bertz CT molecular complexity index is 1180. The maximum Gasteiger partial charge on any atom is 0.137 e. The summed E-state index contributed by atoms with van der Waals surface area (Å²) in [6, 6.07) is 13.0. The molecule has 30 heavy (non-hydrogen) atoms. The SMILES string of the molecule is C[C@@H](c1nc(-c2ccc(C#N)cc2)cs1)C(Cn1cncn1)c1ccc(F)cc1F. The highest BCUT2D eigenvalue weighted by molar-refractivity contribution is 7.10. The largest absolute Gasteiger partial charge is 0.252 e. The van der Waals surface area contributed by atoms with Gasteiger partial charge in [0.05, 0.1) is 28.9 Å². The normalized spacial score (nSPS) is 13.0. The van der Waals surface area contributed by atoms with Crippen LogP contribution in [0.4, 0.5) is 8.78 Å². The van der Waals surface area contributed by atoms with E-state index >= 15 is 0 Å². The van der Waals surface area contributed by atoms with Gasteiger partial charge >= 0.3 is 0 Å². The van der Waals surface area contributed by atoms with Gasteiger partial charge in [-0.3, -0.25) is 4.68 Å². The third-order valence-corrected chi connectivity index (χ3v) is 6.08. The summed E-state index contributed by atoms with van der Waals surface area (Å²) in [5.74, 6) is -1.66. The lowest BCUT2D eigenvalue weighted by atomic mass is 9.87. The predicted octanol–water partition coefficient (Wildman–Crippen LogP) is 5.14. The summed E-state index contributed by atoms with van der Waals surface area (Å²) in [5, 5.41) is 15.9. The number of hydrogen-bond acceptors (Lipinski definition) is 5. The van der Waals surface area contributed by atoms with Crippen LogP contribution in [0, 0.1) is 23.0 Å². The van der Waals surface area contributed by atoms with Crippen LogP contribution in [0.5, 0.6) is 0 Å². The van der Waals surface area contributed by atoms with E-state index < -0.39 is 11.6 Å². The first-order valence-electron chi connectivity index (χ1n) is 9.28. The second-order valence-corrected chi connectivity index (χ2v) is 7.83. The van der Waals surface area contributed by atoms with E-state index in [1.54, 1.807) is 23.1 Å². The molecule has 0 spiro atoms. The maximum atomic E-state index is 14.6. The Morgan fingerprint density at radius 1 is 1.17 bits per heavy atom. The molecule has 0 aliphatic heterocycles. The van der Waals surface area contributed by atoms with Crippen LogP contribution in [0.2, 0.25) is 0 Å². The van der Waals surface area contributed by atoms with Crippen molar-refractivity contribution < 1.29 is 8.78 Å². The van der Waals surface area contributed by atoms with Crippen molar-refractivity contribution in [3.8, 4) is 17.3 Å². The van der Waals surface area contributed by atoms with Gasteiger partial charge in [0.25, 0.3) is 0 Å². The molecule has 5 nitrogen and oxygen atoms in total. The molecule has 0 aliphatic carbocycles. The Labute approximate surface area is 176 Å². The van der Waals surface area contributed by atoms with Crippen molar-refractivity contribution >= 4 is 11.3 Å². The zero-order valence-corrected chi connectivity index (χ0v) is 16.9. The van der Waals surface area contributed by atoms with Gasteiger partial charge in [-0.1, -0.05) is 25.1 Å². The summed E-state index contributed by atoms with van der Waals surface area (Å²) >= 11 is 1.49. The highest BCUT2D eigenvalue weighted by Gasteiger charge is 2.27. The smallest absolute Gasteiger partial charge is 0.137 e. The van der Waals surface area contributed by atoms with E-state index in [9.17, 15) is 8.78 Å². The van der Waals surface area contributed by atoms with Crippen molar-refractivity contribution in [1.29, 1.82) is 5.26 Å². The van der Waals surface area contributed by atoms with Crippen LogP contribution < -0.4 is 0 Å². The van der Waals surface area contributed by atoms with Crippen molar-refractivity contribution in [3.63, 3.8) is 0 Å². The molecule has 0 fully saturated rings. The van der Waals surface area contributed by atoms with Crippen LogP contribution in [0.1, 0.15) is 34.9 Å². The van der Waals surface area contributed by atoms with Crippen LogP contribution >= 0.6 is 11.3 Å². The fraction of sp³-hybridized carbons (Fsp3) is 0.182. The van der Waals surface area contributed by atoms with Gasteiger partial charge in [-0.05, 0) is 23.8 Å². The van der Waals surface area contributed by atoms with Gasteiger partial charge in [-0.2, -0.15) is 10.4 Å². The fourth-order valence-corrected chi connectivity index (χ4v) is 4.32. The summed E-state index contributed by atoms with van der Waals surface area (Å²) in [5.41, 5.74) is 2.70. The Kier molecular flexibility index (Phi) is 5.63. The molecule has 2 heterocycles. The molecule has 150 valence electrons. The van der Waals surface area contributed by atoms with E-state index in [2.05, 4.69) is 16.2 Å². The average molecular weight is 421 g/mol. The van der Waals surface area contributed by atoms with Crippen molar-refractivity contribution in [2.75, 3.05) is 0 Å². The van der Waals surface area contributed by atoms with Crippen molar-refractivity contribution in [2.24, 2.45) is 0 Å². The van der Waals surface area contributed by atoms with E-state index in [0.717, 1.165) is 22.3 Å². The minimum Gasteiger partial charge on any atom is -0.252 e. The molecule has 2 aromatic heterocycles. The van der Waals surface area contributed by atoms with Crippen molar-refractivity contribution in [1.82, 2.24) is 19.7 Å². The molecule has 2 aromatic carbocycles. The molecule has 8 heteroatoms. The van der Waals surface area contributed by atoms with E-state index in [-0.39, 0.29) is 11.8 Å². The van der Waals surface area contributed by atoms with Crippen LogP contribution in [0.15, 0.2) is 60.5 Å². The molecule has 0 saturated heterocycles. The summed E-state index contributed by atoms with van der Waals surface area (Å²) in [4.78, 5) is 8.71. The molecule has 0 bridgehead atoms. The van der Waals surface area contributed by atoms with Gasteiger partial charge in [0.1, 0.15) is 24.3 Å². The van der Waals surface area contributed by atoms with Crippen LogP contribution in [0.3, 0.4) is 0 Å². The van der Waals surface area contributed by atoms with Gasteiger partial charge in [0.2, 0.25) is 0 Å². The topological polar surface area (TPSA) is 67.4 Å². The van der Waals surface area contributed by atoms with Crippen LogP contribution in [0.25, 0.3) is 11.3 Å². The molecule has 0 radical (unpaired) electrons. The zero-order chi connectivity index (χ0) is 21.1. The van der Waals surface area contributed by atoms with E-state index in [1.165, 1.54) is 29.8 Å². The molecule has 0 N–H and O–H groups in total. The second-order valence-electron chi connectivity index (χ2n) is 6.94. The van der Waals surface area contributed by atoms with Gasteiger partial charge in [-0.25, -0.2) is 18.7 Å². The summed E-state index contributed by atoms with van der Waals surface area (Å²) in [6.07, 6.45) is 3.00. The molecule has 0 amide bonds. The first-order valence-corrected chi connectivity index (χ1v) is 10.2. The number of hydrogen-bond donors (Lipinski definition) is 0. The van der Waals surface area contributed by atoms with E-state index in [4.69, 9.17) is 10.2 Å². The number of halogens is 2. The number of aromatic nitrogens is 4. The fourth-order valence-electron chi connectivity index (χ4n) is 3.37. The first kappa shape index (κ1) is 19.9. The van der Waals surface area contributed by atoms with E-state index in [1.807, 2.05) is 24.4 Å². The highest BCUT2D eigenvalue weighted by Crippen LogP contribution is 2.38. The lowest BCUT2D eigenvalue weighted by Crippen LogP contribution is -2.17. The Morgan fingerprint density at radius 3 is 2.63 bits per heavy atom. The molecule has 0 saturated carbocycles. The van der Waals surface area contributed by atoms with Gasteiger partial charge < -0.3 is 0 Å². The maximum absolute atomic E-state index is 14.6. The number of rotatable bonds is 6. The number of thiazole rings is 1. The Hall–Kier alpha value is -3.44. The zero-order valence-electron chi connectivity index (χ0n) is 16.0. The molecular weight excluding hydrogens is 404 g/mol. The van der Waals surface area contributed by atoms with Crippen molar-refractivity contribution in [2.45, 2.75) is 25.3 Å². The molecule has 4 aromatic rings. The summed E-state index contributed by atoms with van der Waals surface area (Å²) in [6.45, 7) is 2.36. The first-order chi connectivity index (χ1) is 14.5. The predicted molar refractivity (Wildman–Crippen MR) is 110 cm³/mol. The number of benzene rings is 2. The Morgan fingerprint density at radius 2 is 1.97 bits per heavy atom. The number of nitriles is 1. The van der Waals surface area contributed by atoms with Gasteiger partial charge in [0.15, 0.2) is 0 Å². The van der Waals surface area contributed by atoms with Crippen LogP contribution in [-0.4, -0.2) is 19.7 Å². The minimum absolute atomic E-state index is 0.147. The lowest BCUT2D eigenvalue weighted by molar-refractivity contribution is 0.440. The minimum atomic E-state index is -0.610. The average Bonchev–Trinajstić information content (AvgIpc) is 3.44. The standard InChI is InChI=1S/C22H17F2N5S/c1-14(22-28-21(11-30-22)16-4-2-15(9-25)3-5-16)19(10-29-13-26-12-27-29)18-7-6-17(23)8-20(18)24/h2-8,11-14,19H,10H2,1H3/t14-,19?/m1/s1. The highest BCUT2D eigenvalue weighted by atomic mass is 32.1. The quantitative estimate of drug-likeness (QED) is 0.432. The molecular formula is C22H17F2N5S. The van der Waals surface area contributed by atoms with Crippen LogP contribution in [-0.2, 0) is 6.54 Å². The third kappa shape index (κ3) is 4.11. The monoisotopic (exact) mass is 421 g/mol. The second kappa shape index (κ2) is 8.51. The third-order valence-electron chi connectivity index (χ3n) is 5.04. The summed E-state index contributed by atoms with van der Waals surface area (Å²) < 4.78 is 29.7. The Balaban J connectivity index is 1.66. The molecule has 0 aliphatic rings. The lowest BCUT2D eigenvalue weighted by Gasteiger charge is -2.23. The molecule has 4 rings (SSSR count). The number of nitrogens with zero attached hydrogens (tertiary/aromatic N) is 5. The van der Waals surface area contributed by atoms with Crippen molar-refractivity contribution in [3.05, 3.63) is 88.3 Å². The molecule has 2 atom stereocenters. The van der Waals surface area contributed by atoms with Gasteiger partial charge in [-0.15, -0.1) is 11.3 Å². The van der Waals surface area contributed by atoms with Gasteiger partial charge in [0, 0.05) is 28.8 Å². The molecule has 1 unspecified atom stereocenters.